The van der Waals surface area contributed by atoms with Crippen LogP contribution in [0.15, 0.2) is 12.2 Å². The molecule has 21 atom stereocenters. The highest BCUT2D eigenvalue weighted by Crippen LogP contribution is 2.44. The third kappa shape index (κ3) is 11.4. The van der Waals surface area contributed by atoms with Gasteiger partial charge >= 0.3 is 5.97 Å². The molecule has 63 heavy (non-hydrogen) atoms. The molecular weight excluding hydrogens is 840 g/mol. The summed E-state index contributed by atoms with van der Waals surface area (Å²) in [5.41, 5.74) is 0. The van der Waals surface area contributed by atoms with Gasteiger partial charge in [0, 0.05) is 24.8 Å². The van der Waals surface area contributed by atoms with Crippen LogP contribution in [0.1, 0.15) is 77.6 Å². The van der Waals surface area contributed by atoms with Crippen molar-refractivity contribution < 1.29 is 104 Å². The van der Waals surface area contributed by atoms with Crippen LogP contribution < -0.4 is 0 Å². The summed E-state index contributed by atoms with van der Waals surface area (Å²) in [6.45, 7) is 0.330. The molecule has 0 amide bonds. The Bertz CT molecular complexity index is 1470. The number of hydrogen-bond acceptors (Lipinski definition) is 20. The first-order valence-corrected chi connectivity index (χ1v) is 22.6. The van der Waals surface area contributed by atoms with Gasteiger partial charge in [0.1, 0.15) is 67.1 Å². The quantitative estimate of drug-likeness (QED) is 0.0502. The van der Waals surface area contributed by atoms with E-state index >= 15 is 0 Å². The summed E-state index contributed by atoms with van der Waals surface area (Å²) in [6.07, 6.45) is -18.7. The van der Waals surface area contributed by atoms with E-state index in [-0.39, 0.29) is 37.2 Å². The Hall–Kier alpha value is -1.55. The summed E-state index contributed by atoms with van der Waals surface area (Å²) in [6, 6.07) is 0. The second-order valence-electron chi connectivity index (χ2n) is 18.7. The molecule has 4 heterocycles. The first kappa shape index (κ1) is 49.4. The lowest BCUT2D eigenvalue weighted by Gasteiger charge is -2.50. The summed E-state index contributed by atoms with van der Waals surface area (Å²) in [4.78, 5) is 12.6. The van der Waals surface area contributed by atoms with Crippen molar-refractivity contribution in [3.63, 3.8) is 0 Å². The number of aliphatic hydroxyl groups excluding tert-OH is 12. The maximum atomic E-state index is 12.6. The van der Waals surface area contributed by atoms with Gasteiger partial charge in [-0.25, -0.2) is 4.79 Å². The number of hydrogen-bond donors (Lipinski definition) is 12. The van der Waals surface area contributed by atoms with Gasteiger partial charge in [-0.15, -0.1) is 0 Å². The van der Waals surface area contributed by atoms with Gasteiger partial charge in [-0.3, -0.25) is 0 Å². The first-order valence-electron chi connectivity index (χ1n) is 22.6. The van der Waals surface area contributed by atoms with Gasteiger partial charge in [-0.1, -0.05) is 6.08 Å². The third-order valence-corrected chi connectivity index (χ3v) is 14.3. The molecule has 0 bridgehead atoms. The molecule has 4 saturated heterocycles. The summed E-state index contributed by atoms with van der Waals surface area (Å²) >= 11 is 0. The lowest BCUT2D eigenvalue weighted by Crippen LogP contribution is -2.64. The Morgan fingerprint density at radius 2 is 1.19 bits per heavy atom. The van der Waals surface area contributed by atoms with Crippen molar-refractivity contribution in [1.29, 1.82) is 0 Å². The van der Waals surface area contributed by atoms with Gasteiger partial charge in [0.15, 0.2) is 37.2 Å². The summed E-state index contributed by atoms with van der Waals surface area (Å²) in [5, 5.41) is 127. The zero-order valence-corrected chi connectivity index (χ0v) is 35.4. The van der Waals surface area contributed by atoms with Gasteiger partial charge < -0.3 is 99.2 Å². The van der Waals surface area contributed by atoms with E-state index in [0.29, 0.717) is 38.5 Å². The number of esters is 1. The van der Waals surface area contributed by atoms with Gasteiger partial charge in [-0.05, 0) is 70.6 Å². The van der Waals surface area contributed by atoms with Crippen molar-refractivity contribution in [2.75, 3.05) is 13.2 Å². The third-order valence-electron chi connectivity index (χ3n) is 14.3. The number of ether oxygens (including phenoxy) is 8. The zero-order chi connectivity index (χ0) is 45.3. The average Bonchev–Trinajstić information content (AvgIpc) is 3.26. The standard InChI is InChI=1S/C42H68O21/c1-17-38(63-29(47)11-4-18-2-7-20(44)8-3-18)34(52)37(55)40(57-17)56-16-28-31(49)33(51)36(54)42(62-28)60-26-14-23-24(58-39(26)19-5-9-21(45)10-6-19)12-22(46)13-25(23)59-41-35(53)32(50)30(48)27(15-43)61-41/h4,11,17-28,30-46,48-55H,2-3,5-10,12-16H2,1H3/p+1/t17-,18?,19?,20?,21?,22?,23?,24?,25?,26?,27+,28+,30+,31+,32-,33-,34-,35+,36+,37+,38-,39?,40+,41+,42+/m0/s1. The molecule has 0 aromatic rings. The fourth-order valence-electron chi connectivity index (χ4n) is 10.5. The molecule has 0 aromatic heterocycles. The molecule has 21 heteroatoms. The minimum Gasteiger partial charge on any atom is -0.454 e. The number of carbonyl (C=O) groups excluding carboxylic acids is 1. The van der Waals surface area contributed by atoms with Crippen LogP contribution >= 0.6 is 0 Å². The zero-order valence-electron chi connectivity index (χ0n) is 35.4. The van der Waals surface area contributed by atoms with Gasteiger partial charge in [0.2, 0.25) is 0 Å². The lowest BCUT2D eigenvalue weighted by molar-refractivity contribution is -0.370. The maximum Gasteiger partial charge on any atom is 0.330 e. The molecule has 0 radical (unpaired) electrons. The maximum absolute atomic E-state index is 12.6. The summed E-state index contributed by atoms with van der Waals surface area (Å²) < 4.78 is 46.6. The molecule has 13 N–H and O–H groups in total. The van der Waals surface area contributed by atoms with Crippen LogP contribution in [0.3, 0.4) is 0 Å². The number of fused-ring (bicyclic) bond motifs is 1. The Morgan fingerprint density at radius 1 is 0.619 bits per heavy atom. The predicted octanol–water partition coefficient (Wildman–Crippen LogP) is -4.14. The number of allylic oxidation sites excluding steroid dienone is 1. The second kappa shape index (κ2) is 21.6. The van der Waals surface area contributed by atoms with Crippen LogP contribution in [0.5, 0.6) is 0 Å². The Labute approximate surface area is 365 Å². The van der Waals surface area contributed by atoms with E-state index in [1.54, 1.807) is 6.08 Å². The lowest BCUT2D eigenvalue weighted by atomic mass is 9.73. The van der Waals surface area contributed by atoms with Crippen LogP contribution in [0.2, 0.25) is 0 Å². The van der Waals surface area contributed by atoms with Gasteiger partial charge in [0.25, 0.3) is 0 Å². The highest BCUT2D eigenvalue weighted by Gasteiger charge is 2.56. The van der Waals surface area contributed by atoms with Crippen molar-refractivity contribution in [1.82, 2.24) is 0 Å². The number of rotatable bonds is 12. The fraction of sp³-hybridized carbons (Fsp3) is 0.929. The molecule has 7 aliphatic rings. The predicted molar refractivity (Wildman–Crippen MR) is 211 cm³/mol. The SMILES string of the molecule is C[C@@H]1O[C@@H](OC[C@H]2O[C@@H](OC3CC4C(O[C@@H]5O[C@H](CO)[C@@H](O)[C@H](O)[C@H]5O)CC(O)CC4[OH+]C3C3CCC(O)CC3)[C@H](O)[C@@H](O)[C@@H]2O)[C@H](O)[C@H](O)[C@H]1OC(=O)C=CC1CCC(O)CC1. The van der Waals surface area contributed by atoms with Crippen molar-refractivity contribution >= 4 is 5.97 Å². The fourth-order valence-corrected chi connectivity index (χ4v) is 10.5. The summed E-state index contributed by atoms with van der Waals surface area (Å²) in [7, 11) is 0. The van der Waals surface area contributed by atoms with Gasteiger partial charge in [0.05, 0.1) is 49.7 Å². The summed E-state index contributed by atoms with van der Waals surface area (Å²) in [5.74, 6) is -1.20. The molecule has 7 fully saturated rings. The molecule has 7 rings (SSSR count). The smallest absolute Gasteiger partial charge is 0.330 e. The minimum atomic E-state index is -1.79. The van der Waals surface area contributed by atoms with Gasteiger partial charge in [-0.2, -0.15) is 0 Å². The molecule has 3 saturated carbocycles. The highest BCUT2D eigenvalue weighted by molar-refractivity contribution is 5.82. The molecule has 0 spiro atoms. The van der Waals surface area contributed by atoms with E-state index < -0.39 is 154 Å². The van der Waals surface area contributed by atoms with E-state index in [0.717, 1.165) is 12.8 Å². The molecule has 4 aliphatic heterocycles. The molecule has 21 nitrogen and oxygen atoms in total. The van der Waals surface area contributed by atoms with Crippen LogP contribution in [0.25, 0.3) is 0 Å². The topological polar surface area (TPSA) is 337 Å². The van der Waals surface area contributed by atoms with E-state index in [1.807, 2.05) is 0 Å². The molecule has 0 aromatic carbocycles. The Kier molecular flexibility index (Phi) is 16.9. The monoisotopic (exact) mass is 909 g/mol. The molecule has 3 aliphatic carbocycles. The first-order chi connectivity index (χ1) is 30.0. The molecule has 362 valence electrons. The van der Waals surface area contributed by atoms with Crippen LogP contribution in [0.4, 0.5) is 0 Å². The second-order valence-corrected chi connectivity index (χ2v) is 18.7. The molecule has 6 unspecified atom stereocenters. The minimum absolute atomic E-state index is 0.0806. The molecular formula is C42H69O21+. The van der Waals surface area contributed by atoms with E-state index in [9.17, 15) is 66.1 Å². The van der Waals surface area contributed by atoms with Crippen LogP contribution in [-0.2, 0) is 38.0 Å². The van der Waals surface area contributed by atoms with Crippen molar-refractivity contribution in [2.45, 2.75) is 212 Å². The highest BCUT2D eigenvalue weighted by atomic mass is 16.7. The van der Waals surface area contributed by atoms with Crippen LogP contribution in [-0.4, -0.2) is 220 Å². The number of aliphatic hydroxyl groups is 14. The van der Waals surface area contributed by atoms with Crippen molar-refractivity contribution in [3.05, 3.63) is 12.2 Å². The Morgan fingerprint density at radius 3 is 1.83 bits per heavy atom. The number of carbonyl (C=O) groups is 1. The van der Waals surface area contributed by atoms with Crippen molar-refractivity contribution in [2.24, 2.45) is 17.8 Å². The normalized spacial score (nSPS) is 51.1. The van der Waals surface area contributed by atoms with Crippen LogP contribution in [0, 0.1) is 17.8 Å². The van der Waals surface area contributed by atoms with E-state index in [1.165, 1.54) is 13.0 Å². The Balaban J connectivity index is 1.00. The van der Waals surface area contributed by atoms with Crippen molar-refractivity contribution in [3.8, 4) is 0 Å². The van der Waals surface area contributed by atoms with E-state index in [4.69, 9.17) is 37.9 Å². The van der Waals surface area contributed by atoms with E-state index in [2.05, 4.69) is 0 Å². The average molecular weight is 910 g/mol. The largest absolute Gasteiger partial charge is 0.454 e.